The van der Waals surface area contributed by atoms with Crippen LogP contribution in [-0.2, 0) is 4.79 Å². The van der Waals surface area contributed by atoms with Gasteiger partial charge < -0.3 is 4.79 Å². The molecule has 0 aromatic rings. The first-order valence-electron chi connectivity index (χ1n) is 6.72. The summed E-state index contributed by atoms with van der Waals surface area (Å²) in [7, 11) is 0. The van der Waals surface area contributed by atoms with Gasteiger partial charge in [-0.1, -0.05) is 25.5 Å². The number of carbonyl (C=O) groups excluding carboxylic acids is 1. The fourth-order valence-corrected chi connectivity index (χ4v) is 5.09. The molecule has 1 heteroatoms. The second kappa shape index (κ2) is 2.32. The van der Waals surface area contributed by atoms with E-state index in [1.165, 1.54) is 6.42 Å². The molecule has 16 heavy (non-hydrogen) atoms. The molecule has 0 heterocycles. The van der Waals surface area contributed by atoms with Crippen molar-refractivity contribution in [2.75, 3.05) is 0 Å². The zero-order valence-electron chi connectivity index (χ0n) is 10.4. The molecule has 0 amide bonds. The number of rotatable bonds is 3. The van der Waals surface area contributed by atoms with E-state index in [0.717, 1.165) is 36.5 Å². The first kappa shape index (κ1) is 9.44. The van der Waals surface area contributed by atoms with Crippen molar-refractivity contribution < 1.29 is 4.79 Å². The third-order valence-corrected chi connectivity index (χ3v) is 6.06. The van der Waals surface area contributed by atoms with Gasteiger partial charge in [0.15, 0.2) is 0 Å². The summed E-state index contributed by atoms with van der Waals surface area (Å²) < 4.78 is 0. The summed E-state index contributed by atoms with van der Waals surface area (Å²) in [4.78, 5) is 11.2. The van der Waals surface area contributed by atoms with E-state index in [9.17, 15) is 4.79 Å². The van der Waals surface area contributed by atoms with E-state index in [0.29, 0.717) is 16.6 Å². The van der Waals surface area contributed by atoms with Crippen molar-refractivity contribution in [2.24, 2.45) is 34.5 Å². The number of hydrogen-bond donors (Lipinski definition) is 0. The average molecular weight is 216 g/mol. The minimum Gasteiger partial charge on any atom is -0.300 e. The van der Waals surface area contributed by atoms with Gasteiger partial charge in [-0.2, -0.15) is 0 Å². The van der Waals surface area contributed by atoms with Gasteiger partial charge in [0.25, 0.3) is 0 Å². The maximum Gasteiger partial charge on any atom is 0.129 e. The topological polar surface area (TPSA) is 17.1 Å². The Bertz CT molecular complexity index is 431. The lowest BCUT2D eigenvalue weighted by atomic mass is 9.62. The lowest BCUT2D eigenvalue weighted by Gasteiger charge is -2.41. The van der Waals surface area contributed by atoms with Crippen LogP contribution in [0.4, 0.5) is 0 Å². The molecule has 1 spiro atoms. The van der Waals surface area contributed by atoms with Crippen LogP contribution in [0.2, 0.25) is 0 Å². The highest BCUT2D eigenvalue weighted by molar-refractivity contribution is 5.75. The Kier molecular flexibility index (Phi) is 1.37. The fourth-order valence-electron chi connectivity index (χ4n) is 5.09. The smallest absolute Gasteiger partial charge is 0.129 e. The van der Waals surface area contributed by atoms with E-state index < -0.39 is 0 Å². The zero-order valence-corrected chi connectivity index (χ0v) is 10.4. The van der Waals surface area contributed by atoms with Gasteiger partial charge in [0, 0.05) is 11.8 Å². The van der Waals surface area contributed by atoms with Crippen LogP contribution in [0.3, 0.4) is 0 Å². The molecule has 4 aliphatic rings. The van der Waals surface area contributed by atoms with Gasteiger partial charge in [0.2, 0.25) is 0 Å². The van der Waals surface area contributed by atoms with Crippen LogP contribution in [0.5, 0.6) is 0 Å². The van der Waals surface area contributed by atoms with E-state index in [1.54, 1.807) is 12.5 Å². The summed E-state index contributed by atoms with van der Waals surface area (Å²) >= 11 is 0. The van der Waals surface area contributed by atoms with Crippen LogP contribution < -0.4 is 0 Å². The Hall–Kier alpha value is -0.590. The normalized spacial score (nSPS) is 53.1. The molecule has 0 saturated heterocycles. The van der Waals surface area contributed by atoms with Crippen LogP contribution in [0, 0.1) is 34.5 Å². The molecule has 5 atom stereocenters. The van der Waals surface area contributed by atoms with E-state index in [4.69, 9.17) is 0 Å². The van der Waals surface area contributed by atoms with Gasteiger partial charge in [0.1, 0.15) is 5.78 Å². The number of fused-ring (bicyclic) bond motifs is 3. The summed E-state index contributed by atoms with van der Waals surface area (Å²) in [5.41, 5.74) is 2.81. The summed E-state index contributed by atoms with van der Waals surface area (Å²) in [5.74, 6) is 4.11. The van der Waals surface area contributed by atoms with Gasteiger partial charge in [-0.3, -0.25) is 0 Å². The number of ketones is 1. The maximum absolute atomic E-state index is 11.2. The van der Waals surface area contributed by atoms with Crippen LogP contribution in [-0.4, -0.2) is 5.78 Å². The Morgan fingerprint density at radius 2 is 2.25 bits per heavy atom. The number of Topliss-reactive ketones (excluding diaryl/α,β-unsaturated/α-hetero) is 1. The van der Waals surface area contributed by atoms with Crippen molar-refractivity contribution in [3.8, 4) is 0 Å². The first-order chi connectivity index (χ1) is 7.49. The van der Waals surface area contributed by atoms with Crippen LogP contribution >= 0.6 is 0 Å². The van der Waals surface area contributed by atoms with Gasteiger partial charge in [-0.25, -0.2) is 0 Å². The predicted octanol–water partition coefficient (Wildman–Crippen LogP) is 3.20. The minimum atomic E-state index is 0.365. The molecule has 0 bridgehead atoms. The quantitative estimate of drug-likeness (QED) is 0.662. The molecule has 3 fully saturated rings. The molecule has 0 N–H and O–H groups in total. The average Bonchev–Trinajstić information content (AvgIpc) is 2.94. The van der Waals surface area contributed by atoms with E-state index in [-0.39, 0.29) is 0 Å². The molecule has 3 saturated carbocycles. The van der Waals surface area contributed by atoms with Crippen molar-refractivity contribution in [3.05, 3.63) is 11.6 Å². The zero-order chi connectivity index (χ0) is 11.3. The summed E-state index contributed by atoms with van der Waals surface area (Å²) in [6.45, 7) is 6.64. The third kappa shape index (κ3) is 0.846. The van der Waals surface area contributed by atoms with Crippen molar-refractivity contribution in [2.45, 2.75) is 40.0 Å². The van der Waals surface area contributed by atoms with Gasteiger partial charge in [-0.15, -0.1) is 0 Å². The highest BCUT2D eigenvalue weighted by Crippen LogP contribution is 2.90. The van der Waals surface area contributed by atoms with Gasteiger partial charge >= 0.3 is 0 Å². The molecule has 0 aliphatic heterocycles. The Morgan fingerprint density at radius 1 is 1.50 bits per heavy atom. The second-order valence-corrected chi connectivity index (χ2v) is 7.13. The number of hydrogen-bond acceptors (Lipinski definition) is 1. The molecular weight excluding hydrogens is 196 g/mol. The Morgan fingerprint density at radius 3 is 2.88 bits per heavy atom. The van der Waals surface area contributed by atoms with Crippen LogP contribution in [0.15, 0.2) is 11.6 Å². The Balaban J connectivity index is 1.61. The minimum absolute atomic E-state index is 0.365. The summed E-state index contributed by atoms with van der Waals surface area (Å²) in [6, 6.07) is 0. The van der Waals surface area contributed by atoms with Crippen LogP contribution in [0.25, 0.3) is 0 Å². The largest absolute Gasteiger partial charge is 0.300 e. The highest BCUT2D eigenvalue weighted by atomic mass is 16.1. The first-order valence-corrected chi connectivity index (χ1v) is 6.72. The molecule has 4 rings (SSSR count). The summed E-state index contributed by atoms with van der Waals surface area (Å²) in [5, 5.41) is 0. The van der Waals surface area contributed by atoms with E-state index >= 15 is 0 Å². The standard InChI is InChI=1S/C15H20O/c1-8(16)4-5-12-14(2,3)10-6-9(10)13-11-7-15(11,12)13/h7,9-10,12-13H,4-6H2,1-3H3. The van der Waals surface area contributed by atoms with E-state index in [2.05, 4.69) is 19.9 Å². The lowest BCUT2D eigenvalue weighted by Crippen LogP contribution is -2.37. The SMILES string of the molecule is CC(=O)CCC1C(C)(C)C2CC2C2C3=CC321. The molecule has 5 unspecified atom stereocenters. The fraction of sp³-hybridized carbons (Fsp3) is 0.800. The molecular formula is C15H20O. The molecule has 4 aliphatic carbocycles. The van der Waals surface area contributed by atoms with Crippen molar-refractivity contribution in [1.82, 2.24) is 0 Å². The predicted molar refractivity (Wildman–Crippen MR) is 62.8 cm³/mol. The summed E-state index contributed by atoms with van der Waals surface area (Å²) in [6.07, 6.45) is 5.90. The maximum atomic E-state index is 11.2. The van der Waals surface area contributed by atoms with Crippen LogP contribution in [0.1, 0.15) is 40.0 Å². The molecule has 0 aromatic heterocycles. The lowest BCUT2D eigenvalue weighted by molar-refractivity contribution is -0.117. The Labute approximate surface area is 97.3 Å². The van der Waals surface area contributed by atoms with E-state index in [1.807, 2.05) is 0 Å². The molecule has 86 valence electrons. The van der Waals surface area contributed by atoms with Gasteiger partial charge in [0.05, 0.1) is 0 Å². The molecule has 1 nitrogen and oxygen atoms in total. The molecule has 0 aromatic carbocycles. The van der Waals surface area contributed by atoms with Crippen molar-refractivity contribution >= 4 is 5.78 Å². The number of carbonyl (C=O) groups is 1. The second-order valence-electron chi connectivity index (χ2n) is 7.13. The number of allylic oxidation sites excluding steroid dienone is 2. The van der Waals surface area contributed by atoms with Crippen molar-refractivity contribution in [3.63, 3.8) is 0 Å². The monoisotopic (exact) mass is 216 g/mol. The highest BCUT2D eigenvalue weighted by Gasteiger charge is 2.83. The molecule has 0 radical (unpaired) electrons. The third-order valence-electron chi connectivity index (χ3n) is 6.06. The van der Waals surface area contributed by atoms with Crippen molar-refractivity contribution in [1.29, 1.82) is 0 Å². The van der Waals surface area contributed by atoms with Gasteiger partial charge in [-0.05, 0) is 48.9 Å².